The fourth-order valence-corrected chi connectivity index (χ4v) is 5.34. The lowest BCUT2D eigenvalue weighted by molar-refractivity contribution is -0.137. The van der Waals surface area contributed by atoms with E-state index in [1.165, 1.54) is 24.3 Å². The third-order valence-corrected chi connectivity index (χ3v) is 7.21. The Balaban J connectivity index is 1.88. The molecule has 0 bridgehead atoms. The normalized spacial score (nSPS) is 15.7. The SMILES string of the molecule is [C-]#[N+]/C(C#N)=C1\C(c2ccc(C)cc2)=C(C#N)c2cc3c(cc21)C(C#N)=C(c1ccc(C(F)(F)F)cc1)/C3=C(\C#N)[N+]#[C-]. The highest BCUT2D eigenvalue weighted by Crippen LogP contribution is 2.54. The third-order valence-electron chi connectivity index (χ3n) is 7.21. The van der Waals surface area contributed by atoms with Crippen molar-refractivity contribution in [3.05, 3.63) is 139 Å². The van der Waals surface area contributed by atoms with E-state index in [1.54, 1.807) is 12.1 Å². The van der Waals surface area contributed by atoms with Crippen LogP contribution in [-0.2, 0) is 6.18 Å². The lowest BCUT2D eigenvalue weighted by Gasteiger charge is -2.12. The van der Waals surface area contributed by atoms with Crippen LogP contribution in [-0.4, -0.2) is 0 Å². The van der Waals surface area contributed by atoms with Crippen LogP contribution in [0.5, 0.6) is 0 Å². The van der Waals surface area contributed by atoms with Crippen molar-refractivity contribution in [2.45, 2.75) is 13.1 Å². The molecule has 6 nitrogen and oxygen atoms in total. The first-order valence-corrected chi connectivity index (χ1v) is 12.4. The molecule has 0 amide bonds. The van der Waals surface area contributed by atoms with E-state index < -0.39 is 17.4 Å². The fourth-order valence-electron chi connectivity index (χ4n) is 5.34. The maximum atomic E-state index is 13.3. The molecule has 3 aromatic carbocycles. The molecule has 0 heterocycles. The number of aryl methyl sites for hydroxylation is 1. The Labute approximate surface area is 244 Å². The predicted molar refractivity (Wildman–Crippen MR) is 152 cm³/mol. The Bertz CT molecular complexity index is 2120. The van der Waals surface area contributed by atoms with Crippen LogP contribution in [0.4, 0.5) is 13.2 Å². The highest BCUT2D eigenvalue weighted by Gasteiger charge is 2.37. The van der Waals surface area contributed by atoms with Crippen molar-refractivity contribution in [1.29, 1.82) is 21.0 Å². The van der Waals surface area contributed by atoms with Crippen LogP contribution in [0.25, 0.3) is 43.1 Å². The standard InChI is InChI=1S/C34H13F3N6/c1-18-4-6-19(7-5-18)30-26(14-38)22-12-25-23(13-24(22)32(30)28(16-40)42-2)27(15-39)31(33(25)29(17-41)43-3)20-8-10-21(11-9-20)34(35,36)37/h4-13H,1H3/b32-28-,33-29+. The fraction of sp³-hybridized carbons (Fsp3) is 0.0588. The summed E-state index contributed by atoms with van der Waals surface area (Å²) in [5.41, 5.74) is 2.15. The summed E-state index contributed by atoms with van der Waals surface area (Å²) in [6.45, 7) is 17.2. The summed E-state index contributed by atoms with van der Waals surface area (Å²) in [6, 6.07) is 22.3. The number of fused-ring (bicyclic) bond motifs is 2. The summed E-state index contributed by atoms with van der Waals surface area (Å²) >= 11 is 0. The van der Waals surface area contributed by atoms with Gasteiger partial charge in [0.1, 0.15) is 12.1 Å². The zero-order valence-electron chi connectivity index (χ0n) is 22.1. The van der Waals surface area contributed by atoms with Gasteiger partial charge in [0.15, 0.2) is 0 Å². The second kappa shape index (κ2) is 10.4. The van der Waals surface area contributed by atoms with Gasteiger partial charge < -0.3 is 0 Å². The van der Waals surface area contributed by atoms with Crippen LogP contribution < -0.4 is 0 Å². The smallest absolute Gasteiger partial charge is 0.226 e. The largest absolute Gasteiger partial charge is 0.416 e. The van der Waals surface area contributed by atoms with Crippen LogP contribution in [0, 0.1) is 65.4 Å². The summed E-state index contributed by atoms with van der Waals surface area (Å²) < 4.78 is 39.8. The van der Waals surface area contributed by atoms with E-state index in [9.17, 15) is 34.2 Å². The zero-order valence-corrected chi connectivity index (χ0v) is 22.1. The molecule has 2 aliphatic rings. The average molecular weight is 563 g/mol. The second-order valence-corrected chi connectivity index (χ2v) is 9.50. The van der Waals surface area contributed by atoms with Crippen LogP contribution in [0.3, 0.4) is 0 Å². The number of hydrogen-bond acceptors (Lipinski definition) is 4. The van der Waals surface area contributed by atoms with E-state index in [2.05, 4.69) is 21.8 Å². The first-order valence-electron chi connectivity index (χ1n) is 12.4. The zero-order chi connectivity index (χ0) is 31.1. The average Bonchev–Trinajstić information content (AvgIpc) is 3.49. The molecule has 0 atom stereocenters. The minimum Gasteiger partial charge on any atom is -0.226 e. The molecule has 0 saturated carbocycles. The molecule has 0 saturated heterocycles. The summed E-state index contributed by atoms with van der Waals surface area (Å²) in [5, 5.41) is 40.3. The molecule has 0 fully saturated rings. The quantitative estimate of drug-likeness (QED) is 0.232. The van der Waals surface area contributed by atoms with E-state index in [-0.39, 0.29) is 50.3 Å². The second-order valence-electron chi connectivity index (χ2n) is 9.50. The van der Waals surface area contributed by atoms with E-state index in [0.717, 1.165) is 17.7 Å². The van der Waals surface area contributed by atoms with E-state index in [4.69, 9.17) is 13.1 Å². The van der Waals surface area contributed by atoms with Crippen molar-refractivity contribution in [2.75, 3.05) is 0 Å². The maximum Gasteiger partial charge on any atom is 0.416 e. The van der Waals surface area contributed by atoms with Crippen molar-refractivity contribution in [1.82, 2.24) is 0 Å². The highest BCUT2D eigenvalue weighted by atomic mass is 19.4. The van der Waals surface area contributed by atoms with Gasteiger partial charge >= 0.3 is 6.18 Å². The van der Waals surface area contributed by atoms with Gasteiger partial charge in [0.25, 0.3) is 11.4 Å². The van der Waals surface area contributed by atoms with Gasteiger partial charge in [-0.05, 0) is 64.6 Å². The van der Waals surface area contributed by atoms with E-state index in [0.29, 0.717) is 22.3 Å². The molecule has 3 aromatic rings. The first kappa shape index (κ1) is 27.9. The molecular weight excluding hydrogens is 549 g/mol. The van der Waals surface area contributed by atoms with E-state index in [1.807, 2.05) is 31.2 Å². The van der Waals surface area contributed by atoms with Gasteiger partial charge in [0.05, 0.1) is 42.0 Å². The van der Waals surface area contributed by atoms with Gasteiger partial charge in [-0.1, -0.05) is 42.0 Å². The number of nitriles is 4. The van der Waals surface area contributed by atoms with E-state index >= 15 is 0 Å². The molecule has 0 aliphatic heterocycles. The molecule has 0 N–H and O–H groups in total. The number of alkyl halides is 3. The number of nitrogens with zero attached hydrogens (tertiary/aromatic N) is 6. The molecule has 5 rings (SSSR count). The van der Waals surface area contributed by atoms with Crippen molar-refractivity contribution in [3.63, 3.8) is 0 Å². The minimum atomic E-state index is -4.60. The third kappa shape index (κ3) is 4.32. The monoisotopic (exact) mass is 562 g/mol. The Morgan fingerprint density at radius 2 is 1.05 bits per heavy atom. The van der Waals surface area contributed by atoms with Gasteiger partial charge in [-0.15, -0.1) is 0 Å². The van der Waals surface area contributed by atoms with Gasteiger partial charge in [-0.25, -0.2) is 20.2 Å². The number of allylic oxidation sites excluding steroid dienone is 8. The summed E-state index contributed by atoms with van der Waals surface area (Å²) in [7, 11) is 0. The molecule has 0 radical (unpaired) electrons. The highest BCUT2D eigenvalue weighted by molar-refractivity contribution is 6.29. The lowest BCUT2D eigenvalue weighted by Crippen LogP contribution is -2.04. The van der Waals surface area contributed by atoms with Crippen molar-refractivity contribution < 1.29 is 13.2 Å². The minimum absolute atomic E-state index is 0.00748. The molecule has 0 unspecified atom stereocenters. The van der Waals surface area contributed by atoms with Crippen LogP contribution in [0.15, 0.2) is 72.1 Å². The van der Waals surface area contributed by atoms with Crippen LogP contribution in [0.2, 0.25) is 0 Å². The molecule has 2 aliphatic carbocycles. The molecule has 0 aromatic heterocycles. The van der Waals surface area contributed by atoms with Gasteiger partial charge in [0.2, 0.25) is 0 Å². The van der Waals surface area contributed by atoms with Crippen LogP contribution >= 0.6 is 0 Å². The van der Waals surface area contributed by atoms with Gasteiger partial charge in [0, 0.05) is 22.3 Å². The Morgan fingerprint density at radius 3 is 1.37 bits per heavy atom. The molecule has 200 valence electrons. The topological polar surface area (TPSA) is 104 Å². The number of rotatable bonds is 2. The number of halogens is 3. The van der Waals surface area contributed by atoms with Crippen molar-refractivity contribution >= 4 is 33.4 Å². The van der Waals surface area contributed by atoms with Crippen molar-refractivity contribution in [2.24, 2.45) is 0 Å². The van der Waals surface area contributed by atoms with Gasteiger partial charge in [-0.2, -0.15) is 23.7 Å². The Hall–Kier alpha value is -6.65. The predicted octanol–water partition coefficient (Wildman–Crippen LogP) is 8.22. The number of hydrogen-bond donors (Lipinski definition) is 0. The summed E-state index contributed by atoms with van der Waals surface area (Å²) in [6.07, 6.45) is -4.60. The molecule has 9 heteroatoms. The Morgan fingerprint density at radius 1 is 0.651 bits per heavy atom. The first-order chi connectivity index (χ1) is 20.6. The molecular formula is C34H13F3N6. The maximum absolute atomic E-state index is 13.3. The number of benzene rings is 3. The molecule has 43 heavy (non-hydrogen) atoms. The van der Waals surface area contributed by atoms with Crippen LogP contribution in [0.1, 0.15) is 44.5 Å². The molecule has 0 spiro atoms. The van der Waals surface area contributed by atoms with Gasteiger partial charge in [-0.3, -0.25) is 0 Å². The van der Waals surface area contributed by atoms with Crippen molar-refractivity contribution in [3.8, 4) is 24.3 Å². The summed E-state index contributed by atoms with van der Waals surface area (Å²) in [4.78, 5) is 6.74. The summed E-state index contributed by atoms with van der Waals surface area (Å²) in [5.74, 6) is 0. The Kier molecular flexibility index (Phi) is 6.74. The lowest BCUT2D eigenvalue weighted by atomic mass is 9.91.